The lowest BCUT2D eigenvalue weighted by Gasteiger charge is -2.38. The normalized spacial score (nSPS) is 11.8. The number of aliphatic carboxylic acids is 3. The monoisotopic (exact) mass is 455 g/mol. The summed E-state index contributed by atoms with van der Waals surface area (Å²) < 4.78 is 0.193. The van der Waals surface area contributed by atoms with E-state index < -0.39 is 17.9 Å². The van der Waals surface area contributed by atoms with Crippen molar-refractivity contribution in [1.29, 1.82) is 0 Å². The molecular formula is C25H45NO6. The van der Waals surface area contributed by atoms with Crippen LogP contribution in [0.25, 0.3) is 0 Å². The van der Waals surface area contributed by atoms with Crippen LogP contribution in [0.15, 0.2) is 12.2 Å². The first-order valence-corrected chi connectivity index (χ1v) is 12.4. The van der Waals surface area contributed by atoms with Crippen LogP contribution in [-0.4, -0.2) is 58.8 Å². The van der Waals surface area contributed by atoms with Crippen molar-refractivity contribution in [3.63, 3.8) is 0 Å². The molecule has 186 valence electrons. The van der Waals surface area contributed by atoms with Crippen LogP contribution in [0.3, 0.4) is 0 Å². The van der Waals surface area contributed by atoms with E-state index in [1.165, 1.54) is 57.8 Å². The minimum absolute atomic E-state index is 0.110. The average molecular weight is 456 g/mol. The molecule has 0 rings (SSSR count). The summed E-state index contributed by atoms with van der Waals surface area (Å²) in [5.41, 5.74) is 0. The molecule has 0 atom stereocenters. The molecule has 0 aliphatic rings. The highest BCUT2D eigenvalue weighted by Gasteiger charge is 2.28. The van der Waals surface area contributed by atoms with Crippen LogP contribution in [0.5, 0.6) is 0 Å². The van der Waals surface area contributed by atoms with Gasteiger partial charge in [0.1, 0.15) is 0 Å². The molecule has 0 radical (unpaired) electrons. The van der Waals surface area contributed by atoms with E-state index in [0.29, 0.717) is 6.54 Å². The van der Waals surface area contributed by atoms with Gasteiger partial charge in [0.05, 0.1) is 39.0 Å². The van der Waals surface area contributed by atoms with Crippen LogP contribution in [0.1, 0.15) is 103 Å². The van der Waals surface area contributed by atoms with Crippen molar-refractivity contribution in [2.75, 3.05) is 26.2 Å². The minimum Gasteiger partial charge on any atom is -0.550 e. The Balaban J connectivity index is 4.29. The average Bonchev–Trinajstić information content (AvgIpc) is 2.74. The predicted octanol–water partition coefficient (Wildman–Crippen LogP) is 4.15. The number of carboxylic acids is 3. The van der Waals surface area contributed by atoms with Crippen molar-refractivity contribution in [3.05, 3.63) is 12.2 Å². The van der Waals surface area contributed by atoms with E-state index in [1.54, 1.807) is 0 Å². The number of quaternary nitrogens is 1. The molecule has 0 saturated carbocycles. The first kappa shape index (κ1) is 30.1. The lowest BCUT2D eigenvalue weighted by Crippen LogP contribution is -2.52. The maximum atomic E-state index is 11.1. The van der Waals surface area contributed by atoms with Gasteiger partial charge in [-0.25, -0.2) is 0 Å². The van der Waals surface area contributed by atoms with Gasteiger partial charge >= 0.3 is 11.9 Å². The number of rotatable bonds is 23. The fourth-order valence-electron chi connectivity index (χ4n) is 4.02. The quantitative estimate of drug-likeness (QED) is 0.136. The highest BCUT2D eigenvalue weighted by Crippen LogP contribution is 2.15. The molecule has 0 spiro atoms. The highest BCUT2D eigenvalue weighted by atomic mass is 16.4. The Kier molecular flexibility index (Phi) is 18.6. The number of nitrogens with zero attached hydrogens (tertiary/aromatic N) is 1. The third kappa shape index (κ3) is 18.8. The topological polar surface area (TPSA) is 115 Å². The van der Waals surface area contributed by atoms with Crippen molar-refractivity contribution in [3.8, 4) is 0 Å². The molecule has 0 aromatic carbocycles. The number of allylic oxidation sites excluding steroid dienone is 2. The van der Waals surface area contributed by atoms with E-state index in [-0.39, 0.29) is 43.4 Å². The Morgan fingerprint density at radius 1 is 0.656 bits per heavy atom. The summed E-state index contributed by atoms with van der Waals surface area (Å²) in [5, 5.41) is 29.1. The van der Waals surface area contributed by atoms with Gasteiger partial charge in [-0.15, -0.1) is 0 Å². The van der Waals surface area contributed by atoms with Gasteiger partial charge in [-0.2, -0.15) is 0 Å². The molecule has 0 saturated heterocycles. The zero-order valence-corrected chi connectivity index (χ0v) is 20.1. The Morgan fingerprint density at radius 2 is 1.09 bits per heavy atom. The van der Waals surface area contributed by atoms with E-state index in [4.69, 9.17) is 10.2 Å². The molecule has 0 aliphatic carbocycles. The standard InChI is InChI=1S/C25H45NO6/c1-2-3-4-5-6-7-8-9-10-11-12-13-14-15-19-26(20-16-23(27)28,21-17-24(29)30)22-18-25(31)32/h12-13H,2-11,14-22H2,1H3,(H2-,27,28,29,30,31,32)/b13-12+. The summed E-state index contributed by atoms with van der Waals surface area (Å²) >= 11 is 0. The first-order chi connectivity index (χ1) is 15.3. The van der Waals surface area contributed by atoms with Crippen LogP contribution in [-0.2, 0) is 14.4 Å². The van der Waals surface area contributed by atoms with E-state index in [0.717, 1.165) is 19.3 Å². The summed E-state index contributed by atoms with van der Waals surface area (Å²) in [6, 6.07) is 0. The first-order valence-electron chi connectivity index (χ1n) is 12.4. The second-order valence-electron chi connectivity index (χ2n) is 8.88. The maximum Gasteiger partial charge on any atom is 0.309 e. The zero-order valence-electron chi connectivity index (χ0n) is 20.1. The second-order valence-corrected chi connectivity index (χ2v) is 8.88. The Bertz CT molecular complexity index is 501. The Labute approximate surface area is 194 Å². The number of carboxylic acid groups (broad SMARTS) is 3. The number of unbranched alkanes of at least 4 members (excludes halogenated alkanes) is 10. The summed E-state index contributed by atoms with van der Waals surface area (Å²) in [5.74, 6) is -3.12. The van der Waals surface area contributed by atoms with Crippen molar-refractivity contribution in [1.82, 2.24) is 0 Å². The van der Waals surface area contributed by atoms with Gasteiger partial charge in [0, 0.05) is 18.8 Å². The molecule has 7 heteroatoms. The molecule has 0 amide bonds. The number of carbonyl (C=O) groups is 3. The van der Waals surface area contributed by atoms with Crippen LogP contribution in [0.2, 0.25) is 0 Å². The van der Waals surface area contributed by atoms with Crippen LogP contribution in [0, 0.1) is 0 Å². The molecule has 7 nitrogen and oxygen atoms in total. The zero-order chi connectivity index (χ0) is 24.1. The Morgan fingerprint density at radius 3 is 1.56 bits per heavy atom. The van der Waals surface area contributed by atoms with Gasteiger partial charge < -0.3 is 24.6 Å². The molecular weight excluding hydrogens is 410 g/mol. The van der Waals surface area contributed by atoms with Gasteiger partial charge in [-0.1, -0.05) is 70.4 Å². The molecule has 0 aromatic rings. The summed E-state index contributed by atoms with van der Waals surface area (Å²) in [6.45, 7) is 3.47. The largest absolute Gasteiger partial charge is 0.550 e. The lowest BCUT2D eigenvalue weighted by molar-refractivity contribution is -0.927. The summed E-state index contributed by atoms with van der Waals surface area (Å²) in [4.78, 5) is 33.1. The van der Waals surface area contributed by atoms with Crippen molar-refractivity contribution >= 4 is 17.9 Å². The minimum atomic E-state index is -1.20. The fourth-order valence-corrected chi connectivity index (χ4v) is 4.02. The van der Waals surface area contributed by atoms with Crippen molar-refractivity contribution in [2.45, 2.75) is 103 Å². The Hall–Kier alpha value is -1.89. The molecule has 0 aliphatic heterocycles. The third-order valence-corrected chi connectivity index (χ3v) is 6.03. The molecule has 0 aromatic heterocycles. The van der Waals surface area contributed by atoms with E-state index in [1.807, 2.05) is 0 Å². The fraction of sp³-hybridized carbons (Fsp3) is 0.800. The molecule has 0 fully saturated rings. The van der Waals surface area contributed by atoms with Gasteiger partial charge in [-0.3, -0.25) is 9.59 Å². The molecule has 0 heterocycles. The molecule has 2 N–H and O–H groups in total. The van der Waals surface area contributed by atoms with Gasteiger partial charge in [0.25, 0.3) is 0 Å². The van der Waals surface area contributed by atoms with Gasteiger partial charge in [0.15, 0.2) is 0 Å². The number of hydrogen-bond donors (Lipinski definition) is 2. The third-order valence-electron chi connectivity index (χ3n) is 6.03. The maximum absolute atomic E-state index is 11.1. The van der Waals surface area contributed by atoms with E-state index in [2.05, 4.69) is 19.1 Å². The number of hydrogen-bond acceptors (Lipinski definition) is 4. The van der Waals surface area contributed by atoms with Crippen LogP contribution in [0.4, 0.5) is 0 Å². The second kappa shape index (κ2) is 19.8. The lowest BCUT2D eigenvalue weighted by atomic mass is 10.1. The van der Waals surface area contributed by atoms with Gasteiger partial charge in [-0.05, 0) is 19.3 Å². The van der Waals surface area contributed by atoms with Crippen LogP contribution >= 0.6 is 0 Å². The van der Waals surface area contributed by atoms with Crippen molar-refractivity contribution < 1.29 is 34.2 Å². The molecule has 0 bridgehead atoms. The summed E-state index contributed by atoms with van der Waals surface area (Å²) in [6.07, 6.45) is 18.3. The highest BCUT2D eigenvalue weighted by molar-refractivity contribution is 5.67. The van der Waals surface area contributed by atoms with Crippen molar-refractivity contribution in [2.24, 2.45) is 0 Å². The smallest absolute Gasteiger partial charge is 0.309 e. The number of carbonyl (C=O) groups excluding carboxylic acids is 1. The summed E-state index contributed by atoms with van der Waals surface area (Å²) in [7, 11) is 0. The van der Waals surface area contributed by atoms with Gasteiger partial charge in [0.2, 0.25) is 0 Å². The predicted molar refractivity (Wildman–Crippen MR) is 124 cm³/mol. The molecule has 0 unspecified atom stereocenters. The van der Waals surface area contributed by atoms with Crippen LogP contribution < -0.4 is 5.11 Å². The van der Waals surface area contributed by atoms with E-state index in [9.17, 15) is 19.5 Å². The van der Waals surface area contributed by atoms with E-state index >= 15 is 0 Å². The molecule has 32 heavy (non-hydrogen) atoms. The SMILES string of the molecule is CCCCCCCCCCC/C=C/CCC[N+](CCC(=O)[O-])(CCC(=O)O)CCC(=O)O.